The molecule has 0 aromatic rings. The van der Waals surface area contributed by atoms with E-state index >= 15 is 0 Å². The zero-order valence-corrected chi connectivity index (χ0v) is 30.5. The van der Waals surface area contributed by atoms with Crippen LogP contribution in [0.3, 0.4) is 0 Å². The van der Waals surface area contributed by atoms with E-state index in [-0.39, 0.29) is 6.42 Å². The van der Waals surface area contributed by atoms with Crippen molar-refractivity contribution in [3.05, 3.63) is 48.6 Å². The lowest BCUT2D eigenvalue weighted by molar-refractivity contribution is -0.132. The van der Waals surface area contributed by atoms with Gasteiger partial charge in [-0.1, -0.05) is 140 Å². The molecule has 0 saturated heterocycles. The molecule has 0 rings (SSSR count). The lowest BCUT2D eigenvalue weighted by Crippen LogP contribution is -2.53. The highest BCUT2D eigenvalue weighted by molar-refractivity contribution is 5.80. The summed E-state index contributed by atoms with van der Waals surface area (Å²) in [6, 6.07) is -1.02. The molecule has 0 spiro atoms. The molecular weight excluding hydrogens is 586 g/mol. The molecule has 0 aromatic heterocycles. The summed E-state index contributed by atoms with van der Waals surface area (Å²) >= 11 is 0. The van der Waals surface area contributed by atoms with Gasteiger partial charge < -0.3 is 25.7 Å². The maximum atomic E-state index is 12.3. The Morgan fingerprint density at radius 1 is 0.511 bits per heavy atom. The van der Waals surface area contributed by atoms with Crippen molar-refractivity contribution in [1.82, 2.24) is 5.32 Å². The van der Waals surface area contributed by atoms with Crippen molar-refractivity contribution in [2.24, 2.45) is 0 Å². The fourth-order valence-corrected chi connectivity index (χ4v) is 5.55. The molecule has 6 nitrogen and oxygen atoms in total. The number of amides is 1. The van der Waals surface area contributed by atoms with Crippen LogP contribution in [0, 0.1) is 0 Å². The zero-order chi connectivity index (χ0) is 34.6. The predicted molar refractivity (Wildman–Crippen MR) is 200 cm³/mol. The smallest absolute Gasteiger partial charge is 0.249 e. The van der Waals surface area contributed by atoms with Crippen LogP contribution in [0.4, 0.5) is 0 Å². The SMILES string of the molecule is CCCCCC/C=C\CCC(O)C(=O)NC(CO)C(O)C(O)CCC/C=C/CC/C=C/CC/C=C/CCCCCCCCCCCC. The summed E-state index contributed by atoms with van der Waals surface area (Å²) in [6.07, 6.45) is 41.7. The molecule has 274 valence electrons. The second-order valence-electron chi connectivity index (χ2n) is 13.2. The average molecular weight is 662 g/mol. The summed E-state index contributed by atoms with van der Waals surface area (Å²) in [7, 11) is 0. The van der Waals surface area contributed by atoms with Gasteiger partial charge in [0.1, 0.15) is 12.2 Å². The maximum Gasteiger partial charge on any atom is 0.249 e. The molecule has 0 aliphatic rings. The standard InChI is InChI=1S/C41H75NO5/c1-3-5-7-9-11-13-14-15-16-17-18-19-20-21-22-23-24-25-26-27-29-30-32-34-38(44)40(46)37(36-43)42-41(47)39(45)35-33-31-28-12-10-8-6-4-2/h19-20,23-24,27-29,31,37-40,43-46H,3-18,21-22,25-26,30,32-36H2,1-2H3,(H,42,47)/b20-19+,24-23+,29-27+,31-28-. The molecule has 0 aliphatic heterocycles. The van der Waals surface area contributed by atoms with Gasteiger partial charge in [0.05, 0.1) is 18.8 Å². The molecule has 4 unspecified atom stereocenters. The quantitative estimate of drug-likeness (QED) is 0.0349. The van der Waals surface area contributed by atoms with E-state index < -0.39 is 36.9 Å². The third kappa shape index (κ3) is 30.1. The Hall–Kier alpha value is -1.73. The number of carbonyl (C=O) groups is 1. The normalized spacial score (nSPS) is 14.9. The van der Waals surface area contributed by atoms with Gasteiger partial charge in [0.15, 0.2) is 0 Å². The van der Waals surface area contributed by atoms with E-state index in [4.69, 9.17) is 0 Å². The van der Waals surface area contributed by atoms with Crippen molar-refractivity contribution < 1.29 is 25.2 Å². The molecule has 0 fully saturated rings. The second kappa shape index (κ2) is 35.6. The summed E-state index contributed by atoms with van der Waals surface area (Å²) in [5, 5.41) is 43.2. The molecule has 6 heteroatoms. The van der Waals surface area contributed by atoms with Gasteiger partial charge in [-0.15, -0.1) is 0 Å². The molecule has 4 atom stereocenters. The van der Waals surface area contributed by atoms with Crippen molar-refractivity contribution in [2.45, 2.75) is 199 Å². The number of aliphatic hydroxyl groups is 4. The van der Waals surface area contributed by atoms with Crippen LogP contribution in [0.2, 0.25) is 0 Å². The van der Waals surface area contributed by atoms with Gasteiger partial charge >= 0.3 is 0 Å². The van der Waals surface area contributed by atoms with Crippen LogP contribution in [-0.2, 0) is 4.79 Å². The first-order chi connectivity index (χ1) is 23.0. The summed E-state index contributed by atoms with van der Waals surface area (Å²) in [6.45, 7) is 3.94. The predicted octanol–water partition coefficient (Wildman–Crippen LogP) is 9.56. The molecule has 0 aliphatic carbocycles. The number of hydrogen-bond donors (Lipinski definition) is 5. The van der Waals surface area contributed by atoms with Crippen LogP contribution in [0.5, 0.6) is 0 Å². The first kappa shape index (κ1) is 45.3. The molecule has 1 amide bonds. The van der Waals surface area contributed by atoms with Crippen LogP contribution >= 0.6 is 0 Å². The number of unbranched alkanes of at least 4 members (excludes halogenated alkanes) is 17. The van der Waals surface area contributed by atoms with E-state index in [0.717, 1.165) is 44.9 Å². The lowest BCUT2D eigenvalue weighted by Gasteiger charge is -2.27. The highest BCUT2D eigenvalue weighted by Gasteiger charge is 2.28. The topological polar surface area (TPSA) is 110 Å². The Labute approximate surface area is 289 Å². The van der Waals surface area contributed by atoms with Crippen molar-refractivity contribution in [3.8, 4) is 0 Å². The number of hydrogen-bond acceptors (Lipinski definition) is 5. The number of nitrogens with one attached hydrogen (secondary N) is 1. The first-order valence-electron chi connectivity index (χ1n) is 19.5. The van der Waals surface area contributed by atoms with Crippen molar-refractivity contribution in [1.29, 1.82) is 0 Å². The van der Waals surface area contributed by atoms with Gasteiger partial charge in [-0.3, -0.25) is 4.79 Å². The number of carbonyl (C=O) groups excluding carboxylic acids is 1. The molecular formula is C41H75NO5. The molecule has 5 N–H and O–H groups in total. The highest BCUT2D eigenvalue weighted by atomic mass is 16.3. The Morgan fingerprint density at radius 3 is 1.36 bits per heavy atom. The molecule has 0 saturated carbocycles. The summed E-state index contributed by atoms with van der Waals surface area (Å²) in [5.74, 6) is -0.639. The Bertz CT molecular complexity index is 793. The number of aliphatic hydroxyl groups excluding tert-OH is 4. The van der Waals surface area contributed by atoms with Crippen LogP contribution in [-0.4, -0.2) is 57.3 Å². The number of allylic oxidation sites excluding steroid dienone is 8. The molecule has 0 aromatic carbocycles. The third-order valence-electron chi connectivity index (χ3n) is 8.73. The third-order valence-corrected chi connectivity index (χ3v) is 8.73. The monoisotopic (exact) mass is 662 g/mol. The molecule has 0 radical (unpaired) electrons. The fourth-order valence-electron chi connectivity index (χ4n) is 5.55. The summed E-state index contributed by atoms with van der Waals surface area (Å²) < 4.78 is 0. The van der Waals surface area contributed by atoms with Crippen LogP contribution in [0.1, 0.15) is 174 Å². The van der Waals surface area contributed by atoms with Gasteiger partial charge in [0, 0.05) is 0 Å². The van der Waals surface area contributed by atoms with Gasteiger partial charge in [-0.2, -0.15) is 0 Å². The van der Waals surface area contributed by atoms with Crippen molar-refractivity contribution >= 4 is 5.91 Å². The lowest BCUT2D eigenvalue weighted by atomic mass is 10.0. The summed E-state index contributed by atoms with van der Waals surface area (Å²) in [4.78, 5) is 12.3. The Kier molecular flexibility index (Phi) is 34.3. The minimum Gasteiger partial charge on any atom is -0.394 e. The first-order valence-corrected chi connectivity index (χ1v) is 19.5. The molecule has 0 bridgehead atoms. The van der Waals surface area contributed by atoms with E-state index in [1.807, 2.05) is 6.08 Å². The van der Waals surface area contributed by atoms with Crippen LogP contribution < -0.4 is 5.32 Å². The fraction of sp³-hybridized carbons (Fsp3) is 0.780. The minimum atomic E-state index is -1.30. The largest absolute Gasteiger partial charge is 0.394 e. The van der Waals surface area contributed by atoms with E-state index in [2.05, 4.69) is 61.7 Å². The Morgan fingerprint density at radius 2 is 0.894 bits per heavy atom. The van der Waals surface area contributed by atoms with Gasteiger partial charge in [-0.05, 0) is 83.5 Å². The van der Waals surface area contributed by atoms with Crippen LogP contribution in [0.15, 0.2) is 48.6 Å². The Balaban J connectivity index is 3.85. The van der Waals surface area contributed by atoms with E-state index in [1.165, 1.54) is 89.9 Å². The molecule has 47 heavy (non-hydrogen) atoms. The van der Waals surface area contributed by atoms with Crippen LogP contribution in [0.25, 0.3) is 0 Å². The van der Waals surface area contributed by atoms with Crippen molar-refractivity contribution in [2.75, 3.05) is 6.61 Å². The van der Waals surface area contributed by atoms with Gasteiger partial charge in [0.25, 0.3) is 0 Å². The van der Waals surface area contributed by atoms with E-state index in [9.17, 15) is 25.2 Å². The molecule has 0 heterocycles. The average Bonchev–Trinajstić information content (AvgIpc) is 3.08. The van der Waals surface area contributed by atoms with Crippen molar-refractivity contribution in [3.63, 3.8) is 0 Å². The van der Waals surface area contributed by atoms with E-state index in [1.54, 1.807) is 0 Å². The summed E-state index contributed by atoms with van der Waals surface area (Å²) in [5.41, 5.74) is 0. The highest BCUT2D eigenvalue weighted by Crippen LogP contribution is 2.13. The van der Waals surface area contributed by atoms with E-state index in [0.29, 0.717) is 19.3 Å². The maximum absolute atomic E-state index is 12.3. The number of rotatable bonds is 34. The second-order valence-corrected chi connectivity index (χ2v) is 13.2. The van der Waals surface area contributed by atoms with Gasteiger partial charge in [0.2, 0.25) is 5.91 Å². The minimum absolute atomic E-state index is 0.271. The zero-order valence-electron chi connectivity index (χ0n) is 30.5. The van der Waals surface area contributed by atoms with Gasteiger partial charge in [-0.25, -0.2) is 0 Å².